The first-order valence-electron chi connectivity index (χ1n) is 12.7. The number of carbonyl (C=O) groups is 3. The summed E-state index contributed by atoms with van der Waals surface area (Å²) in [5.41, 5.74) is 4.00. The molecule has 0 aliphatic heterocycles. The Hall–Kier alpha value is -4.56. The van der Waals surface area contributed by atoms with Crippen LogP contribution in [-0.4, -0.2) is 46.8 Å². The number of ether oxygens (including phenoxy) is 1. The number of hydrogen-bond acceptors (Lipinski definition) is 5. The quantitative estimate of drug-likeness (QED) is 0.233. The summed E-state index contributed by atoms with van der Waals surface area (Å²) in [5, 5.41) is 12.4. The summed E-state index contributed by atoms with van der Waals surface area (Å²) in [5.74, 6) is -0.314. The Morgan fingerprint density at radius 1 is 0.800 bits per heavy atom. The lowest BCUT2D eigenvalue weighted by Crippen LogP contribution is -2.50. The molecule has 0 saturated heterocycles. The van der Waals surface area contributed by atoms with E-state index in [1.54, 1.807) is 43.5 Å². The van der Waals surface area contributed by atoms with Gasteiger partial charge in [0.1, 0.15) is 11.8 Å². The van der Waals surface area contributed by atoms with Crippen LogP contribution in [0.15, 0.2) is 109 Å². The van der Waals surface area contributed by atoms with Crippen LogP contribution < -0.4 is 10.1 Å². The number of carboxylic acid groups (broad SMARTS) is 1. The lowest BCUT2D eigenvalue weighted by atomic mass is 10.0. The molecule has 3 amide bonds. The van der Waals surface area contributed by atoms with Gasteiger partial charge in [-0.2, -0.15) is 11.8 Å². The number of benzene rings is 4. The van der Waals surface area contributed by atoms with Crippen molar-refractivity contribution in [3.8, 4) is 16.9 Å². The van der Waals surface area contributed by atoms with Crippen molar-refractivity contribution in [3.05, 3.63) is 126 Å². The van der Waals surface area contributed by atoms with E-state index in [-0.39, 0.29) is 12.3 Å². The number of thioether (sulfide) groups is 1. The number of carbonyl (C=O) groups excluding carboxylic acids is 2. The summed E-state index contributed by atoms with van der Waals surface area (Å²) in [7, 11) is 1.55. The number of amides is 3. The van der Waals surface area contributed by atoms with E-state index in [1.807, 2.05) is 72.8 Å². The molecule has 0 saturated carbocycles. The number of hydrogen-bond donors (Lipinski definition) is 2. The number of aliphatic carboxylic acids is 1. The largest absolute Gasteiger partial charge is 0.497 e. The van der Waals surface area contributed by atoms with Crippen LogP contribution in [0.3, 0.4) is 0 Å². The second kappa shape index (κ2) is 14.0. The van der Waals surface area contributed by atoms with Gasteiger partial charge >= 0.3 is 12.0 Å². The predicted molar refractivity (Wildman–Crippen MR) is 157 cm³/mol. The van der Waals surface area contributed by atoms with Gasteiger partial charge in [0.05, 0.1) is 13.7 Å². The number of methoxy groups -OCH3 is 1. The molecule has 0 radical (unpaired) electrons. The van der Waals surface area contributed by atoms with Crippen LogP contribution in [0, 0.1) is 0 Å². The van der Waals surface area contributed by atoms with Gasteiger partial charge in [0.25, 0.3) is 5.91 Å². The number of rotatable bonds is 11. The topological polar surface area (TPSA) is 95.9 Å². The van der Waals surface area contributed by atoms with Crippen LogP contribution in [-0.2, 0) is 17.1 Å². The standard InChI is InChI=1S/C32H30N2O5S/c1-39-28-18-12-23(13-19-28)20-34(30(35)27-16-14-26(15-17-27)25-10-6-3-7-11-25)32(38)33-29(31(36)37)22-40-21-24-8-4-2-5-9-24/h2-19,29H,20-22H2,1H3,(H,33,38)(H,36,37)/t29-/m0/s1. The highest BCUT2D eigenvalue weighted by Gasteiger charge is 2.28. The van der Waals surface area contributed by atoms with Gasteiger partial charge in [-0.25, -0.2) is 9.59 Å². The van der Waals surface area contributed by atoms with E-state index >= 15 is 0 Å². The number of nitrogens with one attached hydrogen (secondary N) is 1. The van der Waals surface area contributed by atoms with Gasteiger partial charge in [-0.05, 0) is 46.5 Å². The van der Waals surface area contributed by atoms with Crippen LogP contribution in [0.5, 0.6) is 5.75 Å². The molecule has 4 aromatic rings. The van der Waals surface area contributed by atoms with Crippen molar-refractivity contribution in [2.24, 2.45) is 0 Å². The minimum absolute atomic E-state index is 0.0431. The lowest BCUT2D eigenvalue weighted by molar-refractivity contribution is -0.138. The van der Waals surface area contributed by atoms with Gasteiger partial charge in [-0.3, -0.25) is 9.69 Å². The third-order valence-corrected chi connectivity index (χ3v) is 7.33. The molecule has 0 fully saturated rings. The molecule has 8 heteroatoms. The lowest BCUT2D eigenvalue weighted by Gasteiger charge is -2.24. The van der Waals surface area contributed by atoms with Gasteiger partial charge in [0, 0.05) is 17.1 Å². The van der Waals surface area contributed by atoms with E-state index in [4.69, 9.17) is 4.74 Å². The third-order valence-electron chi connectivity index (χ3n) is 6.22. The Morgan fingerprint density at radius 2 is 1.40 bits per heavy atom. The molecule has 0 aromatic heterocycles. The number of urea groups is 1. The molecule has 0 bridgehead atoms. The van der Waals surface area contributed by atoms with Gasteiger partial charge < -0.3 is 15.2 Å². The van der Waals surface area contributed by atoms with E-state index in [1.165, 1.54) is 11.8 Å². The molecule has 2 N–H and O–H groups in total. The molecule has 0 spiro atoms. The smallest absolute Gasteiger partial charge is 0.327 e. The Kier molecular flexibility index (Phi) is 9.96. The maximum Gasteiger partial charge on any atom is 0.327 e. The number of carboxylic acids is 1. The summed E-state index contributed by atoms with van der Waals surface area (Å²) in [6, 6.07) is 31.5. The van der Waals surface area contributed by atoms with Crippen LogP contribution in [0.25, 0.3) is 11.1 Å². The summed E-state index contributed by atoms with van der Waals surface area (Å²) < 4.78 is 5.21. The molecule has 204 valence electrons. The minimum atomic E-state index is -1.17. The summed E-state index contributed by atoms with van der Waals surface area (Å²) in [4.78, 5) is 40.1. The van der Waals surface area contributed by atoms with Crippen molar-refractivity contribution in [1.82, 2.24) is 10.2 Å². The average Bonchev–Trinajstić information content (AvgIpc) is 3.00. The molecule has 0 heterocycles. The van der Waals surface area contributed by atoms with E-state index in [0.717, 1.165) is 21.6 Å². The van der Waals surface area contributed by atoms with Crippen molar-refractivity contribution in [2.45, 2.75) is 18.3 Å². The van der Waals surface area contributed by atoms with Crippen molar-refractivity contribution in [1.29, 1.82) is 0 Å². The fourth-order valence-electron chi connectivity index (χ4n) is 4.01. The highest BCUT2D eigenvalue weighted by atomic mass is 32.2. The highest BCUT2D eigenvalue weighted by Crippen LogP contribution is 2.21. The first-order chi connectivity index (χ1) is 19.4. The van der Waals surface area contributed by atoms with Crippen LogP contribution >= 0.6 is 11.8 Å². The van der Waals surface area contributed by atoms with Gasteiger partial charge in [0.15, 0.2) is 0 Å². The van der Waals surface area contributed by atoms with E-state index in [0.29, 0.717) is 22.6 Å². The SMILES string of the molecule is COc1ccc(CN(C(=O)N[C@@H](CSCc2ccccc2)C(=O)O)C(=O)c2ccc(-c3ccccc3)cc2)cc1. The Balaban J connectivity index is 1.52. The molecule has 7 nitrogen and oxygen atoms in total. The molecule has 0 aliphatic rings. The molecule has 1 atom stereocenters. The van der Waals surface area contributed by atoms with Crippen molar-refractivity contribution >= 4 is 29.7 Å². The van der Waals surface area contributed by atoms with Gasteiger partial charge in [-0.15, -0.1) is 0 Å². The molecule has 4 aromatic carbocycles. The second-order valence-corrected chi connectivity index (χ2v) is 10.1. The zero-order chi connectivity index (χ0) is 28.3. The highest BCUT2D eigenvalue weighted by molar-refractivity contribution is 7.98. The Bertz CT molecular complexity index is 1410. The molecular weight excluding hydrogens is 524 g/mol. The van der Waals surface area contributed by atoms with E-state index < -0.39 is 23.9 Å². The monoisotopic (exact) mass is 554 g/mol. The molecular formula is C32H30N2O5S. The summed E-state index contributed by atoms with van der Waals surface area (Å²) in [6.45, 7) is -0.0431. The normalized spacial score (nSPS) is 11.3. The zero-order valence-corrected chi connectivity index (χ0v) is 22.8. The molecule has 4 rings (SSSR count). The molecule has 40 heavy (non-hydrogen) atoms. The van der Waals surface area contributed by atoms with Crippen molar-refractivity contribution in [2.75, 3.05) is 12.9 Å². The maximum atomic E-state index is 13.6. The zero-order valence-electron chi connectivity index (χ0n) is 22.0. The Morgan fingerprint density at radius 3 is 2.00 bits per heavy atom. The summed E-state index contributed by atoms with van der Waals surface area (Å²) >= 11 is 1.40. The fourth-order valence-corrected chi connectivity index (χ4v) is 5.02. The third kappa shape index (κ3) is 7.74. The van der Waals surface area contributed by atoms with Crippen LogP contribution in [0.4, 0.5) is 4.79 Å². The fraction of sp³-hybridized carbons (Fsp3) is 0.156. The minimum Gasteiger partial charge on any atom is -0.497 e. The summed E-state index contributed by atoms with van der Waals surface area (Å²) in [6.07, 6.45) is 0. The first kappa shape index (κ1) is 28.4. The second-order valence-electron chi connectivity index (χ2n) is 9.02. The van der Waals surface area contributed by atoms with Crippen molar-refractivity contribution in [3.63, 3.8) is 0 Å². The predicted octanol–water partition coefficient (Wildman–Crippen LogP) is 6.10. The number of nitrogens with zero attached hydrogens (tertiary/aromatic N) is 1. The first-order valence-corrected chi connectivity index (χ1v) is 13.9. The van der Waals surface area contributed by atoms with Gasteiger partial charge in [0.2, 0.25) is 0 Å². The van der Waals surface area contributed by atoms with E-state index in [9.17, 15) is 19.5 Å². The van der Waals surface area contributed by atoms with Crippen LogP contribution in [0.2, 0.25) is 0 Å². The van der Waals surface area contributed by atoms with E-state index in [2.05, 4.69) is 5.32 Å². The van der Waals surface area contributed by atoms with Gasteiger partial charge in [-0.1, -0.05) is 84.9 Å². The number of imide groups is 1. The average molecular weight is 555 g/mol. The maximum absolute atomic E-state index is 13.6. The Labute approximate surface area is 237 Å². The van der Waals surface area contributed by atoms with Crippen LogP contribution in [0.1, 0.15) is 21.5 Å². The van der Waals surface area contributed by atoms with Crippen molar-refractivity contribution < 1.29 is 24.2 Å². The molecule has 0 unspecified atom stereocenters. The molecule has 0 aliphatic carbocycles.